The Labute approximate surface area is 208 Å². The molecule has 0 aliphatic carbocycles. The molecule has 0 saturated carbocycles. The molecule has 182 valence electrons. The van der Waals surface area contributed by atoms with Crippen LogP contribution < -0.4 is 9.47 Å². The van der Waals surface area contributed by atoms with Crippen LogP contribution in [0.25, 0.3) is 5.76 Å². The van der Waals surface area contributed by atoms with Crippen LogP contribution in [-0.2, 0) is 14.3 Å². The number of amides is 1. The first kappa shape index (κ1) is 25.8. The number of halogens is 1. The number of ketones is 1. The van der Waals surface area contributed by atoms with Crippen LogP contribution in [0.4, 0.5) is 0 Å². The van der Waals surface area contributed by atoms with Crippen molar-refractivity contribution in [2.24, 2.45) is 0 Å². The Kier molecular flexibility index (Phi) is 8.38. The van der Waals surface area contributed by atoms with Crippen molar-refractivity contribution in [1.82, 2.24) is 4.90 Å². The average Bonchev–Trinajstić information content (AvgIpc) is 3.05. The van der Waals surface area contributed by atoms with Crippen molar-refractivity contribution in [3.05, 3.63) is 63.1 Å². The molecule has 2 aromatic rings. The molecule has 34 heavy (non-hydrogen) atoms. The van der Waals surface area contributed by atoms with Crippen LogP contribution in [0.5, 0.6) is 11.5 Å². The van der Waals surface area contributed by atoms with E-state index in [1.165, 1.54) is 12.0 Å². The molecule has 1 heterocycles. The Morgan fingerprint density at radius 1 is 1.12 bits per heavy atom. The van der Waals surface area contributed by atoms with Gasteiger partial charge in [-0.05, 0) is 62.6 Å². The molecule has 1 fully saturated rings. The van der Waals surface area contributed by atoms with Crippen LogP contribution in [0.3, 0.4) is 0 Å². The molecule has 1 aliphatic rings. The fraction of sp³-hybridized carbons (Fsp3) is 0.385. The largest absolute Gasteiger partial charge is 0.507 e. The van der Waals surface area contributed by atoms with Gasteiger partial charge in [-0.25, -0.2) is 0 Å². The first-order chi connectivity index (χ1) is 16.2. The average molecular weight is 532 g/mol. The van der Waals surface area contributed by atoms with E-state index in [0.29, 0.717) is 42.2 Å². The zero-order valence-corrected chi connectivity index (χ0v) is 21.6. The van der Waals surface area contributed by atoms with Gasteiger partial charge in [0.2, 0.25) is 0 Å². The number of carbonyl (C=O) groups excluding carboxylic acids is 2. The molecule has 8 heteroatoms. The number of aliphatic hydroxyl groups excluding tert-OH is 1. The summed E-state index contributed by atoms with van der Waals surface area (Å²) in [5.41, 5.74) is 2.04. The summed E-state index contributed by atoms with van der Waals surface area (Å²) < 4.78 is 17.4. The lowest BCUT2D eigenvalue weighted by molar-refractivity contribution is -0.140. The van der Waals surface area contributed by atoms with Crippen molar-refractivity contribution >= 4 is 33.4 Å². The highest BCUT2D eigenvalue weighted by atomic mass is 79.9. The van der Waals surface area contributed by atoms with E-state index in [0.717, 1.165) is 10.0 Å². The van der Waals surface area contributed by atoms with E-state index in [2.05, 4.69) is 15.9 Å². The lowest BCUT2D eigenvalue weighted by Crippen LogP contribution is -2.31. The Balaban J connectivity index is 2.16. The summed E-state index contributed by atoms with van der Waals surface area (Å²) in [6, 6.07) is 9.81. The molecule has 1 N–H and O–H groups in total. The van der Waals surface area contributed by atoms with Crippen LogP contribution in [-0.4, -0.2) is 55.2 Å². The van der Waals surface area contributed by atoms with Crippen molar-refractivity contribution in [3.63, 3.8) is 0 Å². The van der Waals surface area contributed by atoms with E-state index >= 15 is 0 Å². The topological polar surface area (TPSA) is 85.3 Å². The van der Waals surface area contributed by atoms with Crippen LogP contribution in [0.1, 0.15) is 43.0 Å². The molecule has 1 saturated heterocycles. The number of nitrogens with zero attached hydrogens (tertiary/aromatic N) is 1. The number of hydrogen-bond acceptors (Lipinski definition) is 6. The van der Waals surface area contributed by atoms with E-state index < -0.39 is 17.7 Å². The van der Waals surface area contributed by atoms with Crippen molar-refractivity contribution in [2.45, 2.75) is 39.3 Å². The number of methoxy groups -OCH3 is 2. The van der Waals surface area contributed by atoms with Gasteiger partial charge >= 0.3 is 0 Å². The van der Waals surface area contributed by atoms with Gasteiger partial charge in [0.05, 0.1) is 24.8 Å². The smallest absolute Gasteiger partial charge is 0.295 e. The van der Waals surface area contributed by atoms with E-state index in [1.54, 1.807) is 43.5 Å². The number of ether oxygens (including phenoxy) is 3. The normalized spacial score (nSPS) is 17.5. The molecule has 3 rings (SSSR count). The second-order valence-electron chi connectivity index (χ2n) is 8.38. The van der Waals surface area contributed by atoms with E-state index in [4.69, 9.17) is 14.2 Å². The summed E-state index contributed by atoms with van der Waals surface area (Å²) in [7, 11) is 3.12. The number of aliphatic hydroxyl groups is 1. The molecule has 0 aromatic heterocycles. The van der Waals surface area contributed by atoms with E-state index in [-0.39, 0.29) is 17.4 Å². The second kappa shape index (κ2) is 11.1. The summed E-state index contributed by atoms with van der Waals surface area (Å²) in [6.45, 7) is 6.45. The van der Waals surface area contributed by atoms with Gasteiger partial charge in [0.1, 0.15) is 5.76 Å². The van der Waals surface area contributed by atoms with Crippen molar-refractivity contribution in [3.8, 4) is 11.5 Å². The maximum Gasteiger partial charge on any atom is 0.295 e. The SMILES string of the molecule is COCCCN1C(=O)C(=O)/C(=C(\O)c2ccc(Br)c(C)c2)C1c1ccc(OC(C)C)c(OC)c1. The Morgan fingerprint density at radius 3 is 2.47 bits per heavy atom. The summed E-state index contributed by atoms with van der Waals surface area (Å²) in [6.07, 6.45) is 0.489. The Bertz CT molecular complexity index is 1110. The molecule has 0 bridgehead atoms. The third kappa shape index (κ3) is 5.28. The maximum atomic E-state index is 13.2. The zero-order valence-electron chi connectivity index (χ0n) is 20.1. The second-order valence-corrected chi connectivity index (χ2v) is 9.23. The van der Waals surface area contributed by atoms with Gasteiger partial charge in [-0.3, -0.25) is 9.59 Å². The predicted molar refractivity (Wildman–Crippen MR) is 133 cm³/mol. The van der Waals surface area contributed by atoms with E-state index in [9.17, 15) is 14.7 Å². The van der Waals surface area contributed by atoms with Gasteiger partial charge in [-0.2, -0.15) is 0 Å². The molecule has 1 amide bonds. The summed E-state index contributed by atoms with van der Waals surface area (Å²) in [4.78, 5) is 27.7. The Hall–Kier alpha value is -2.84. The Morgan fingerprint density at radius 2 is 1.85 bits per heavy atom. The molecule has 1 unspecified atom stereocenters. The molecule has 1 atom stereocenters. The monoisotopic (exact) mass is 531 g/mol. The standard InChI is InChI=1S/C26H30BrNO6/c1-15(2)34-20-10-8-17(14-21(20)33-5)23-22(24(29)18-7-9-19(27)16(3)13-18)25(30)26(31)28(23)11-6-12-32-4/h7-10,13-15,23,29H,6,11-12H2,1-5H3/b24-22-. The first-order valence-electron chi connectivity index (χ1n) is 11.1. The molecule has 0 spiro atoms. The third-order valence-electron chi connectivity index (χ3n) is 5.58. The van der Waals surface area contributed by atoms with Crippen LogP contribution in [0.2, 0.25) is 0 Å². The molecule has 7 nitrogen and oxygen atoms in total. The maximum absolute atomic E-state index is 13.2. The van der Waals surface area contributed by atoms with Gasteiger partial charge < -0.3 is 24.2 Å². The highest BCUT2D eigenvalue weighted by molar-refractivity contribution is 9.10. The minimum absolute atomic E-state index is 0.0451. The number of carbonyl (C=O) groups is 2. The van der Waals surface area contributed by atoms with Gasteiger partial charge in [-0.1, -0.05) is 28.1 Å². The predicted octanol–water partition coefficient (Wildman–Crippen LogP) is 5.01. The van der Waals surface area contributed by atoms with Gasteiger partial charge in [-0.15, -0.1) is 0 Å². The molecular formula is C26H30BrNO6. The van der Waals surface area contributed by atoms with Crippen LogP contribution >= 0.6 is 15.9 Å². The van der Waals surface area contributed by atoms with Gasteiger partial charge in [0.25, 0.3) is 11.7 Å². The molecular weight excluding hydrogens is 502 g/mol. The van der Waals surface area contributed by atoms with Crippen LogP contribution in [0, 0.1) is 6.92 Å². The van der Waals surface area contributed by atoms with Gasteiger partial charge in [0.15, 0.2) is 11.5 Å². The quantitative estimate of drug-likeness (QED) is 0.212. The summed E-state index contributed by atoms with van der Waals surface area (Å²) in [5.74, 6) is -0.552. The highest BCUT2D eigenvalue weighted by Gasteiger charge is 2.46. The third-order valence-corrected chi connectivity index (χ3v) is 6.47. The van der Waals surface area contributed by atoms with Crippen molar-refractivity contribution in [2.75, 3.05) is 27.4 Å². The number of Topliss-reactive ketones (excluding diaryl/α,β-unsaturated/α-hetero) is 1. The van der Waals surface area contributed by atoms with E-state index in [1.807, 2.05) is 20.8 Å². The minimum atomic E-state index is -0.775. The van der Waals surface area contributed by atoms with Crippen molar-refractivity contribution in [1.29, 1.82) is 0 Å². The minimum Gasteiger partial charge on any atom is -0.507 e. The zero-order chi connectivity index (χ0) is 25.0. The van der Waals surface area contributed by atoms with Gasteiger partial charge in [0, 0.05) is 30.3 Å². The highest BCUT2D eigenvalue weighted by Crippen LogP contribution is 2.42. The number of aryl methyl sites for hydroxylation is 1. The summed E-state index contributed by atoms with van der Waals surface area (Å²) >= 11 is 3.45. The fourth-order valence-electron chi connectivity index (χ4n) is 3.99. The summed E-state index contributed by atoms with van der Waals surface area (Å²) in [5, 5.41) is 11.2. The first-order valence-corrected chi connectivity index (χ1v) is 11.9. The molecule has 2 aromatic carbocycles. The number of likely N-dealkylation sites (tertiary alicyclic amines) is 1. The van der Waals surface area contributed by atoms with Crippen molar-refractivity contribution < 1.29 is 28.9 Å². The molecule has 1 aliphatic heterocycles. The number of benzene rings is 2. The number of rotatable bonds is 9. The lowest BCUT2D eigenvalue weighted by Gasteiger charge is -2.26. The lowest BCUT2D eigenvalue weighted by atomic mass is 9.94. The van der Waals surface area contributed by atoms with Crippen LogP contribution in [0.15, 0.2) is 46.4 Å². The molecule has 0 radical (unpaired) electrons. The number of hydrogen-bond donors (Lipinski definition) is 1. The fourth-order valence-corrected chi connectivity index (χ4v) is 4.24.